The lowest BCUT2D eigenvalue weighted by Crippen LogP contribution is -2.59. The summed E-state index contributed by atoms with van der Waals surface area (Å²) in [5, 5.41) is 4.04. The highest BCUT2D eigenvalue weighted by molar-refractivity contribution is 6.30. The molecule has 216 valence electrons. The number of hydrogen-bond donors (Lipinski definition) is 2. The van der Waals surface area contributed by atoms with Crippen molar-refractivity contribution in [1.29, 1.82) is 0 Å². The van der Waals surface area contributed by atoms with Gasteiger partial charge in [-0.25, -0.2) is 4.39 Å². The highest BCUT2D eigenvalue weighted by Crippen LogP contribution is 2.39. The molecule has 41 heavy (non-hydrogen) atoms. The standard InChI is InChI=1S/C32H37ClFN5O2/c33-26-11-9-25(10-12-26)22-29(35)30(40)37-18-14-32(15-19-37)31(41)38(23-39(32)28-7-2-1-3-8-28)20-17-36-16-13-24-5-4-6-27(34)21-24/h1-12,21,29,36H,13-20,22-23,35H2/t29-/m1/s1. The Bertz CT molecular complexity index is 1330. The Kier molecular flexibility index (Phi) is 9.22. The van der Waals surface area contributed by atoms with E-state index in [0.29, 0.717) is 63.7 Å². The first-order valence-corrected chi connectivity index (χ1v) is 14.6. The molecular formula is C32H37ClFN5O2. The molecule has 2 fully saturated rings. The van der Waals surface area contributed by atoms with Crippen molar-refractivity contribution < 1.29 is 14.0 Å². The first-order valence-electron chi connectivity index (χ1n) is 14.2. The molecule has 2 aliphatic heterocycles. The molecule has 1 spiro atoms. The van der Waals surface area contributed by atoms with E-state index in [4.69, 9.17) is 17.3 Å². The summed E-state index contributed by atoms with van der Waals surface area (Å²) in [6.07, 6.45) is 2.25. The highest BCUT2D eigenvalue weighted by Gasteiger charge is 2.54. The smallest absolute Gasteiger partial charge is 0.250 e. The minimum Gasteiger partial charge on any atom is -0.341 e. The number of halogens is 2. The van der Waals surface area contributed by atoms with Crippen LogP contribution in [0.1, 0.15) is 24.0 Å². The number of amides is 2. The molecule has 3 aromatic rings. The Morgan fingerprint density at radius 3 is 2.41 bits per heavy atom. The molecule has 0 saturated carbocycles. The van der Waals surface area contributed by atoms with Gasteiger partial charge in [0.2, 0.25) is 11.8 Å². The molecule has 2 amide bonds. The van der Waals surface area contributed by atoms with Gasteiger partial charge in [-0.05, 0) is 79.8 Å². The molecule has 9 heteroatoms. The quantitative estimate of drug-likeness (QED) is 0.358. The highest BCUT2D eigenvalue weighted by atomic mass is 35.5. The number of likely N-dealkylation sites (tertiary alicyclic amines) is 1. The number of nitrogens with zero attached hydrogens (tertiary/aromatic N) is 3. The second-order valence-corrected chi connectivity index (χ2v) is 11.3. The number of benzene rings is 3. The molecule has 0 radical (unpaired) electrons. The molecule has 2 heterocycles. The molecule has 7 nitrogen and oxygen atoms in total. The number of carbonyl (C=O) groups is 2. The molecule has 3 aromatic carbocycles. The van der Waals surface area contributed by atoms with E-state index in [1.54, 1.807) is 29.2 Å². The van der Waals surface area contributed by atoms with Crippen molar-refractivity contribution in [1.82, 2.24) is 15.1 Å². The third-order valence-corrected chi connectivity index (χ3v) is 8.46. The summed E-state index contributed by atoms with van der Waals surface area (Å²) >= 11 is 5.98. The minimum absolute atomic E-state index is 0.0918. The van der Waals surface area contributed by atoms with E-state index in [1.807, 2.05) is 53.4 Å². The van der Waals surface area contributed by atoms with E-state index >= 15 is 0 Å². The molecule has 2 aliphatic rings. The lowest BCUT2D eigenvalue weighted by molar-refractivity contribution is -0.139. The Hall–Kier alpha value is -3.46. The number of piperidine rings is 1. The van der Waals surface area contributed by atoms with Gasteiger partial charge in [0.15, 0.2) is 0 Å². The van der Waals surface area contributed by atoms with E-state index in [0.717, 1.165) is 23.2 Å². The van der Waals surface area contributed by atoms with Gasteiger partial charge >= 0.3 is 0 Å². The third kappa shape index (κ3) is 6.72. The number of anilines is 1. The SMILES string of the molecule is N[C@H](Cc1ccc(Cl)cc1)C(=O)N1CCC2(CC1)C(=O)N(CCNCCc1cccc(F)c1)CN2c1ccccc1. The Labute approximate surface area is 246 Å². The van der Waals surface area contributed by atoms with E-state index in [1.165, 1.54) is 6.07 Å². The van der Waals surface area contributed by atoms with Crippen molar-refractivity contribution in [3.8, 4) is 0 Å². The fourth-order valence-electron chi connectivity index (χ4n) is 5.93. The Balaban J connectivity index is 1.20. The van der Waals surface area contributed by atoms with Crippen LogP contribution in [0.2, 0.25) is 5.02 Å². The van der Waals surface area contributed by atoms with Gasteiger partial charge in [0.1, 0.15) is 11.4 Å². The van der Waals surface area contributed by atoms with Crippen LogP contribution in [0.25, 0.3) is 0 Å². The maximum atomic E-state index is 13.9. The van der Waals surface area contributed by atoms with Gasteiger partial charge in [0.05, 0.1) is 12.7 Å². The molecule has 5 rings (SSSR count). The average Bonchev–Trinajstić information content (AvgIpc) is 3.25. The second kappa shape index (κ2) is 13.0. The summed E-state index contributed by atoms with van der Waals surface area (Å²) in [5.41, 5.74) is 8.53. The minimum atomic E-state index is -0.694. The van der Waals surface area contributed by atoms with Crippen molar-refractivity contribution in [3.63, 3.8) is 0 Å². The van der Waals surface area contributed by atoms with Crippen molar-refractivity contribution in [3.05, 3.63) is 101 Å². The summed E-state index contributed by atoms with van der Waals surface area (Å²) in [6, 6.07) is 23.4. The summed E-state index contributed by atoms with van der Waals surface area (Å²) in [5.74, 6) is -0.218. The zero-order chi connectivity index (χ0) is 28.8. The average molecular weight is 578 g/mol. The molecule has 0 aliphatic carbocycles. The normalized spacial score (nSPS) is 17.3. The monoisotopic (exact) mass is 577 g/mol. The van der Waals surface area contributed by atoms with E-state index in [-0.39, 0.29) is 17.6 Å². The largest absolute Gasteiger partial charge is 0.341 e. The summed E-state index contributed by atoms with van der Waals surface area (Å²) in [6.45, 7) is 3.36. The van der Waals surface area contributed by atoms with Gasteiger partial charge in [0.25, 0.3) is 0 Å². The van der Waals surface area contributed by atoms with Crippen LogP contribution >= 0.6 is 11.6 Å². The van der Waals surface area contributed by atoms with Crippen molar-refractivity contribution in [2.45, 2.75) is 37.3 Å². The van der Waals surface area contributed by atoms with E-state index in [2.05, 4.69) is 10.2 Å². The molecular weight excluding hydrogens is 541 g/mol. The van der Waals surface area contributed by atoms with Gasteiger partial charge in [-0.1, -0.05) is 54.1 Å². The summed E-state index contributed by atoms with van der Waals surface area (Å²) < 4.78 is 13.4. The topological polar surface area (TPSA) is 81.9 Å². The molecule has 2 saturated heterocycles. The van der Waals surface area contributed by atoms with Crippen LogP contribution in [0, 0.1) is 5.82 Å². The van der Waals surface area contributed by atoms with Crippen molar-refractivity contribution in [2.75, 3.05) is 44.3 Å². The van der Waals surface area contributed by atoms with Gasteiger partial charge in [-0.15, -0.1) is 0 Å². The van der Waals surface area contributed by atoms with E-state index in [9.17, 15) is 14.0 Å². The molecule has 0 aromatic heterocycles. The zero-order valence-electron chi connectivity index (χ0n) is 23.1. The lowest BCUT2D eigenvalue weighted by Gasteiger charge is -2.43. The van der Waals surface area contributed by atoms with Crippen LogP contribution in [0.3, 0.4) is 0 Å². The predicted molar refractivity (Wildman–Crippen MR) is 160 cm³/mol. The summed E-state index contributed by atoms with van der Waals surface area (Å²) in [4.78, 5) is 33.1. The lowest BCUT2D eigenvalue weighted by atomic mass is 9.85. The number of nitrogens with two attached hydrogens (primary N) is 1. The molecule has 0 unspecified atom stereocenters. The number of carbonyl (C=O) groups excluding carboxylic acids is 2. The number of hydrogen-bond acceptors (Lipinski definition) is 5. The molecule has 3 N–H and O–H groups in total. The van der Waals surface area contributed by atoms with E-state index < -0.39 is 11.6 Å². The van der Waals surface area contributed by atoms with Gasteiger partial charge in [-0.2, -0.15) is 0 Å². The third-order valence-electron chi connectivity index (χ3n) is 8.21. The van der Waals surface area contributed by atoms with Gasteiger partial charge in [0, 0.05) is 36.9 Å². The van der Waals surface area contributed by atoms with Gasteiger partial charge in [-0.3, -0.25) is 9.59 Å². The maximum absolute atomic E-state index is 13.9. The zero-order valence-corrected chi connectivity index (χ0v) is 23.9. The van der Waals surface area contributed by atoms with Crippen molar-refractivity contribution >= 4 is 29.1 Å². The second-order valence-electron chi connectivity index (χ2n) is 10.9. The van der Waals surface area contributed by atoms with Gasteiger partial charge < -0.3 is 25.8 Å². The Morgan fingerprint density at radius 1 is 0.976 bits per heavy atom. The fourth-order valence-corrected chi connectivity index (χ4v) is 6.06. The molecule has 1 atom stereocenters. The predicted octanol–water partition coefficient (Wildman–Crippen LogP) is 3.85. The Morgan fingerprint density at radius 2 is 1.71 bits per heavy atom. The number of para-hydroxylation sites is 1. The van der Waals surface area contributed by atoms with Crippen LogP contribution in [-0.4, -0.2) is 72.6 Å². The van der Waals surface area contributed by atoms with Crippen LogP contribution in [0.15, 0.2) is 78.9 Å². The maximum Gasteiger partial charge on any atom is 0.250 e. The van der Waals surface area contributed by atoms with Crippen molar-refractivity contribution in [2.24, 2.45) is 5.73 Å². The first kappa shape index (κ1) is 29.0. The summed E-state index contributed by atoms with van der Waals surface area (Å²) in [7, 11) is 0. The van der Waals surface area contributed by atoms with Crippen LogP contribution in [-0.2, 0) is 22.4 Å². The molecule has 0 bridgehead atoms. The first-order chi connectivity index (χ1) is 19.9. The number of rotatable bonds is 10. The number of nitrogens with one attached hydrogen (secondary N) is 1. The fraction of sp³-hybridized carbons (Fsp3) is 0.375. The van der Waals surface area contributed by atoms with Crippen LogP contribution in [0.4, 0.5) is 10.1 Å². The van der Waals surface area contributed by atoms with Crippen LogP contribution < -0.4 is 16.0 Å². The van der Waals surface area contributed by atoms with Crippen LogP contribution in [0.5, 0.6) is 0 Å².